The predicted octanol–water partition coefficient (Wildman–Crippen LogP) is 4.17. The maximum atomic E-state index is 12.1. The summed E-state index contributed by atoms with van der Waals surface area (Å²) in [6.45, 7) is 7.20. The van der Waals surface area contributed by atoms with E-state index in [0.29, 0.717) is 17.6 Å². The number of nitrogens with one attached hydrogen (secondary N) is 2. The zero-order chi connectivity index (χ0) is 22.1. The predicted molar refractivity (Wildman–Crippen MR) is 123 cm³/mol. The monoisotopic (exact) mass is 430 g/mol. The summed E-state index contributed by atoms with van der Waals surface area (Å²) in [4.78, 5) is 26.0. The Kier molecular flexibility index (Phi) is 5.36. The number of benzene rings is 1. The van der Waals surface area contributed by atoms with Gasteiger partial charge in [0.1, 0.15) is 5.82 Å². The van der Waals surface area contributed by atoms with Gasteiger partial charge < -0.3 is 14.7 Å². The van der Waals surface area contributed by atoms with Crippen molar-refractivity contribution in [1.29, 1.82) is 0 Å². The minimum absolute atomic E-state index is 0.226. The second-order valence-electron chi connectivity index (χ2n) is 8.30. The van der Waals surface area contributed by atoms with Crippen molar-refractivity contribution in [2.45, 2.75) is 33.2 Å². The molecule has 3 aromatic heterocycles. The average Bonchev–Trinajstić information content (AvgIpc) is 3.53. The average molecular weight is 431 g/mol. The highest BCUT2D eigenvalue weighted by Crippen LogP contribution is 2.27. The van der Waals surface area contributed by atoms with Gasteiger partial charge in [0, 0.05) is 35.9 Å². The molecule has 0 aliphatic carbocycles. The molecule has 1 fully saturated rings. The molecule has 164 valence electrons. The van der Waals surface area contributed by atoms with E-state index < -0.39 is 0 Å². The third kappa shape index (κ3) is 4.22. The lowest BCUT2D eigenvalue weighted by Gasteiger charge is -2.16. The highest BCUT2D eigenvalue weighted by atomic mass is 16.4. The Morgan fingerprint density at radius 1 is 1.12 bits per heavy atom. The molecule has 32 heavy (non-hydrogen) atoms. The van der Waals surface area contributed by atoms with E-state index in [2.05, 4.69) is 50.3 Å². The topological polar surface area (TPSA) is 92.0 Å². The van der Waals surface area contributed by atoms with Crippen LogP contribution in [-0.2, 0) is 6.54 Å². The van der Waals surface area contributed by atoms with Gasteiger partial charge in [0.05, 0.1) is 6.20 Å². The number of imidazole rings is 1. The Morgan fingerprint density at radius 2 is 1.97 bits per heavy atom. The van der Waals surface area contributed by atoms with E-state index >= 15 is 0 Å². The minimum Gasteiger partial charge on any atom is -0.423 e. The normalized spacial score (nSPS) is 14.2. The summed E-state index contributed by atoms with van der Waals surface area (Å²) >= 11 is 0. The molecule has 0 unspecified atom stereocenters. The van der Waals surface area contributed by atoms with E-state index in [-0.39, 0.29) is 5.69 Å². The van der Waals surface area contributed by atoms with Crippen LogP contribution < -0.4 is 11.0 Å². The molecule has 1 saturated heterocycles. The Balaban J connectivity index is 1.36. The Bertz CT molecular complexity index is 1300. The molecule has 0 amide bonds. The number of aryl methyl sites for hydroxylation is 2. The number of likely N-dealkylation sites (tertiary alicyclic amines) is 1. The van der Waals surface area contributed by atoms with Gasteiger partial charge in [0.15, 0.2) is 5.76 Å². The number of anilines is 2. The van der Waals surface area contributed by atoms with Crippen LogP contribution in [0.25, 0.3) is 17.1 Å². The maximum Gasteiger partial charge on any atom is 0.331 e. The highest BCUT2D eigenvalue weighted by molar-refractivity contribution is 5.63. The molecule has 4 heterocycles. The number of hydrogen-bond donors (Lipinski definition) is 2. The van der Waals surface area contributed by atoms with Gasteiger partial charge in [0.25, 0.3) is 6.01 Å². The van der Waals surface area contributed by atoms with Crippen LogP contribution in [-0.4, -0.2) is 37.5 Å². The summed E-state index contributed by atoms with van der Waals surface area (Å²) < 4.78 is 7.45. The van der Waals surface area contributed by atoms with Crippen LogP contribution in [0.1, 0.15) is 29.7 Å². The molecule has 1 aliphatic rings. The van der Waals surface area contributed by atoms with E-state index in [1.54, 1.807) is 24.7 Å². The van der Waals surface area contributed by atoms with Crippen molar-refractivity contribution < 1.29 is 4.42 Å². The number of pyridine rings is 1. The van der Waals surface area contributed by atoms with Gasteiger partial charge in [-0.25, -0.2) is 14.8 Å². The molecule has 4 aromatic rings. The standard InChI is InChI=1S/C24H26N6O2/c1-16-5-6-18(15-29-9-3-4-10-29)11-20(16)28-23-26-13-21(32-23)19-7-8-25-22(12-19)30-14-17(2)27-24(30)31/h5-8,11-14H,3-4,9-10,15H2,1-2H3,(H,26,28)(H,27,31). The first-order chi connectivity index (χ1) is 15.5. The second-order valence-corrected chi connectivity index (χ2v) is 8.30. The summed E-state index contributed by atoms with van der Waals surface area (Å²) in [6, 6.07) is 10.5. The maximum absolute atomic E-state index is 12.1. The SMILES string of the molecule is Cc1cn(-c2cc(-c3cnc(Nc4cc(CN5CCCC5)ccc4C)o3)ccn2)c(=O)[nH]1. The van der Waals surface area contributed by atoms with Crippen molar-refractivity contribution in [2.75, 3.05) is 18.4 Å². The molecule has 8 nitrogen and oxygen atoms in total. The zero-order valence-electron chi connectivity index (χ0n) is 18.3. The quantitative estimate of drug-likeness (QED) is 0.477. The molecule has 0 radical (unpaired) electrons. The molecule has 1 aromatic carbocycles. The number of nitrogens with zero attached hydrogens (tertiary/aromatic N) is 4. The minimum atomic E-state index is -0.226. The lowest BCUT2D eigenvalue weighted by atomic mass is 10.1. The Hall–Kier alpha value is -3.65. The van der Waals surface area contributed by atoms with Crippen LogP contribution in [0.4, 0.5) is 11.7 Å². The van der Waals surface area contributed by atoms with Crippen LogP contribution in [0.2, 0.25) is 0 Å². The van der Waals surface area contributed by atoms with E-state index in [1.807, 2.05) is 13.0 Å². The van der Waals surface area contributed by atoms with Crippen molar-refractivity contribution in [3.8, 4) is 17.1 Å². The molecule has 1 aliphatic heterocycles. The fraction of sp³-hybridized carbons (Fsp3) is 0.292. The molecule has 2 N–H and O–H groups in total. The first-order valence-corrected chi connectivity index (χ1v) is 10.8. The smallest absolute Gasteiger partial charge is 0.331 e. The van der Waals surface area contributed by atoms with Crippen molar-refractivity contribution in [1.82, 2.24) is 24.4 Å². The van der Waals surface area contributed by atoms with E-state index in [4.69, 9.17) is 4.42 Å². The van der Waals surface area contributed by atoms with Crippen LogP contribution in [0.3, 0.4) is 0 Å². The second kappa shape index (κ2) is 8.47. The number of rotatable bonds is 6. The molecule has 0 atom stereocenters. The van der Waals surface area contributed by atoms with Crippen LogP contribution in [0.15, 0.2) is 58.1 Å². The molecule has 0 spiro atoms. The van der Waals surface area contributed by atoms with Gasteiger partial charge in [-0.05, 0) is 69.1 Å². The Morgan fingerprint density at radius 3 is 2.75 bits per heavy atom. The lowest BCUT2D eigenvalue weighted by molar-refractivity contribution is 0.331. The van der Waals surface area contributed by atoms with E-state index in [1.165, 1.54) is 36.1 Å². The molecule has 0 bridgehead atoms. The summed E-state index contributed by atoms with van der Waals surface area (Å²) in [5.41, 5.74) is 4.73. The zero-order valence-corrected chi connectivity index (χ0v) is 18.3. The van der Waals surface area contributed by atoms with Crippen LogP contribution >= 0.6 is 0 Å². The van der Waals surface area contributed by atoms with Crippen molar-refractivity contribution in [3.63, 3.8) is 0 Å². The molecule has 8 heteroatoms. The van der Waals surface area contributed by atoms with E-state index in [0.717, 1.165) is 29.1 Å². The number of aromatic amines is 1. The summed E-state index contributed by atoms with van der Waals surface area (Å²) in [5, 5.41) is 3.31. The Labute approximate surface area is 185 Å². The van der Waals surface area contributed by atoms with Gasteiger partial charge in [-0.15, -0.1) is 0 Å². The third-order valence-corrected chi connectivity index (χ3v) is 5.78. The largest absolute Gasteiger partial charge is 0.423 e. The molecular weight excluding hydrogens is 404 g/mol. The third-order valence-electron chi connectivity index (χ3n) is 5.78. The number of H-pyrrole nitrogens is 1. The summed E-state index contributed by atoms with van der Waals surface area (Å²) in [6.07, 6.45) is 7.62. The summed E-state index contributed by atoms with van der Waals surface area (Å²) in [5.74, 6) is 1.12. The number of aromatic nitrogens is 4. The van der Waals surface area contributed by atoms with Gasteiger partial charge in [0.2, 0.25) is 0 Å². The molecule has 5 rings (SSSR count). The summed E-state index contributed by atoms with van der Waals surface area (Å²) in [7, 11) is 0. The van der Waals surface area contributed by atoms with Crippen molar-refractivity contribution in [2.24, 2.45) is 0 Å². The first kappa shape index (κ1) is 20.3. The fourth-order valence-corrected chi connectivity index (χ4v) is 4.07. The van der Waals surface area contributed by atoms with E-state index in [9.17, 15) is 4.79 Å². The van der Waals surface area contributed by atoms with Crippen molar-refractivity contribution >= 4 is 11.7 Å². The number of oxazole rings is 1. The first-order valence-electron chi connectivity index (χ1n) is 10.8. The van der Waals surface area contributed by atoms with Crippen LogP contribution in [0.5, 0.6) is 0 Å². The number of hydrogen-bond acceptors (Lipinski definition) is 6. The van der Waals surface area contributed by atoms with Crippen LogP contribution in [0, 0.1) is 13.8 Å². The van der Waals surface area contributed by atoms with Crippen molar-refractivity contribution in [3.05, 3.63) is 76.2 Å². The van der Waals surface area contributed by atoms with Gasteiger partial charge in [-0.2, -0.15) is 0 Å². The lowest BCUT2D eigenvalue weighted by Crippen LogP contribution is -2.18. The highest BCUT2D eigenvalue weighted by Gasteiger charge is 2.14. The molecular formula is C24H26N6O2. The van der Waals surface area contributed by atoms with Gasteiger partial charge in [-0.1, -0.05) is 12.1 Å². The molecule has 0 saturated carbocycles. The fourth-order valence-electron chi connectivity index (χ4n) is 4.07. The van der Waals surface area contributed by atoms with Gasteiger partial charge >= 0.3 is 5.69 Å². The van der Waals surface area contributed by atoms with Gasteiger partial charge in [-0.3, -0.25) is 9.47 Å².